The first kappa shape index (κ1) is 10.0. The molecule has 0 heterocycles. The summed E-state index contributed by atoms with van der Waals surface area (Å²) in [6.45, 7) is 0. The lowest BCUT2D eigenvalue weighted by Gasteiger charge is -2.19. The van der Waals surface area contributed by atoms with Gasteiger partial charge in [-0.05, 0) is 25.0 Å². The van der Waals surface area contributed by atoms with E-state index < -0.39 is 0 Å². The monoisotopic (exact) mass is 206 g/mol. The standard InChI is InChI=1S/C12H14O3/c1-14-11-7-6-8-9(12(11)15-2)4-3-5-10(8)13/h6-7H,3-5H2,1-2H3. The van der Waals surface area contributed by atoms with Crippen LogP contribution in [0.2, 0.25) is 0 Å². The average Bonchev–Trinajstić information content (AvgIpc) is 2.28. The summed E-state index contributed by atoms with van der Waals surface area (Å²) in [5, 5.41) is 0. The number of benzene rings is 1. The average molecular weight is 206 g/mol. The zero-order chi connectivity index (χ0) is 10.8. The molecule has 0 radical (unpaired) electrons. The Hall–Kier alpha value is -1.51. The Bertz CT molecular complexity index is 396. The lowest BCUT2D eigenvalue weighted by molar-refractivity contribution is 0.0971. The van der Waals surface area contributed by atoms with Gasteiger partial charge in [0.1, 0.15) is 0 Å². The maximum atomic E-state index is 11.7. The van der Waals surface area contributed by atoms with Gasteiger partial charge >= 0.3 is 0 Å². The Kier molecular flexibility index (Phi) is 2.62. The molecular formula is C12H14O3. The van der Waals surface area contributed by atoms with Gasteiger partial charge in [0.25, 0.3) is 0 Å². The molecule has 1 aliphatic carbocycles. The first-order valence-electron chi connectivity index (χ1n) is 5.05. The molecule has 1 aromatic carbocycles. The molecule has 2 rings (SSSR count). The van der Waals surface area contributed by atoms with Gasteiger partial charge in [0, 0.05) is 17.5 Å². The van der Waals surface area contributed by atoms with E-state index in [9.17, 15) is 4.79 Å². The maximum absolute atomic E-state index is 11.7. The topological polar surface area (TPSA) is 35.5 Å². The van der Waals surface area contributed by atoms with E-state index in [0.29, 0.717) is 17.9 Å². The van der Waals surface area contributed by atoms with Crippen LogP contribution in [0.25, 0.3) is 0 Å². The Labute approximate surface area is 89.0 Å². The van der Waals surface area contributed by atoms with Gasteiger partial charge in [0.05, 0.1) is 14.2 Å². The summed E-state index contributed by atoms with van der Waals surface area (Å²) in [6, 6.07) is 3.62. The van der Waals surface area contributed by atoms with Gasteiger partial charge in [-0.2, -0.15) is 0 Å². The van der Waals surface area contributed by atoms with Gasteiger partial charge in [0.2, 0.25) is 0 Å². The van der Waals surface area contributed by atoms with Gasteiger partial charge in [0.15, 0.2) is 17.3 Å². The van der Waals surface area contributed by atoms with Crippen LogP contribution in [-0.2, 0) is 6.42 Å². The van der Waals surface area contributed by atoms with Crippen molar-refractivity contribution in [1.82, 2.24) is 0 Å². The summed E-state index contributed by atoms with van der Waals surface area (Å²) in [6.07, 6.45) is 2.43. The highest BCUT2D eigenvalue weighted by molar-refractivity contribution is 5.99. The van der Waals surface area contributed by atoms with E-state index in [4.69, 9.17) is 9.47 Å². The van der Waals surface area contributed by atoms with Crippen molar-refractivity contribution < 1.29 is 14.3 Å². The molecule has 0 N–H and O–H groups in total. The molecule has 0 atom stereocenters. The highest BCUT2D eigenvalue weighted by atomic mass is 16.5. The van der Waals surface area contributed by atoms with Gasteiger partial charge in [-0.25, -0.2) is 0 Å². The molecule has 0 unspecified atom stereocenters. The zero-order valence-corrected chi connectivity index (χ0v) is 9.00. The fraction of sp³-hybridized carbons (Fsp3) is 0.417. The van der Waals surface area contributed by atoms with E-state index >= 15 is 0 Å². The third-order valence-electron chi connectivity index (χ3n) is 2.78. The summed E-state index contributed by atoms with van der Waals surface area (Å²) in [5.41, 5.74) is 1.78. The van der Waals surface area contributed by atoms with Gasteiger partial charge in [-0.1, -0.05) is 0 Å². The summed E-state index contributed by atoms with van der Waals surface area (Å²) < 4.78 is 10.5. The van der Waals surface area contributed by atoms with Crippen LogP contribution in [0.15, 0.2) is 12.1 Å². The molecule has 0 aliphatic heterocycles. The second-order valence-corrected chi connectivity index (χ2v) is 3.60. The van der Waals surface area contributed by atoms with Crippen molar-refractivity contribution >= 4 is 5.78 Å². The van der Waals surface area contributed by atoms with E-state index in [1.54, 1.807) is 20.3 Å². The van der Waals surface area contributed by atoms with Crippen molar-refractivity contribution in [3.8, 4) is 11.5 Å². The Morgan fingerprint density at radius 3 is 2.60 bits per heavy atom. The number of ether oxygens (including phenoxy) is 2. The van der Waals surface area contributed by atoms with Crippen LogP contribution in [0.1, 0.15) is 28.8 Å². The minimum atomic E-state index is 0.206. The predicted molar refractivity (Wildman–Crippen MR) is 56.8 cm³/mol. The number of carbonyl (C=O) groups excluding carboxylic acids is 1. The number of hydrogen-bond donors (Lipinski definition) is 0. The number of methoxy groups -OCH3 is 2. The highest BCUT2D eigenvalue weighted by Gasteiger charge is 2.22. The molecule has 0 aromatic heterocycles. The quantitative estimate of drug-likeness (QED) is 0.744. The number of Topliss-reactive ketones (excluding diaryl/α,β-unsaturated/α-hetero) is 1. The molecule has 15 heavy (non-hydrogen) atoms. The maximum Gasteiger partial charge on any atom is 0.164 e. The molecule has 0 saturated carbocycles. The van der Waals surface area contributed by atoms with Crippen LogP contribution < -0.4 is 9.47 Å². The zero-order valence-electron chi connectivity index (χ0n) is 9.00. The molecule has 80 valence electrons. The van der Waals surface area contributed by atoms with Crippen LogP contribution in [0, 0.1) is 0 Å². The van der Waals surface area contributed by atoms with E-state index in [0.717, 1.165) is 24.0 Å². The van der Waals surface area contributed by atoms with E-state index in [1.165, 1.54) is 0 Å². The lowest BCUT2D eigenvalue weighted by Crippen LogP contribution is -2.12. The molecule has 1 aliphatic rings. The molecule has 1 aromatic rings. The van der Waals surface area contributed by atoms with Gasteiger partial charge in [-0.15, -0.1) is 0 Å². The summed E-state index contributed by atoms with van der Waals surface area (Å²) in [7, 11) is 3.21. The first-order valence-corrected chi connectivity index (χ1v) is 5.05. The molecular weight excluding hydrogens is 192 g/mol. The molecule has 0 amide bonds. The second-order valence-electron chi connectivity index (χ2n) is 3.60. The van der Waals surface area contributed by atoms with Crippen molar-refractivity contribution in [2.24, 2.45) is 0 Å². The third kappa shape index (κ3) is 1.58. The number of hydrogen-bond acceptors (Lipinski definition) is 3. The number of ketones is 1. The van der Waals surface area contributed by atoms with E-state index in [2.05, 4.69) is 0 Å². The van der Waals surface area contributed by atoms with Crippen LogP contribution >= 0.6 is 0 Å². The van der Waals surface area contributed by atoms with Crippen LogP contribution in [-0.4, -0.2) is 20.0 Å². The Morgan fingerprint density at radius 2 is 1.93 bits per heavy atom. The minimum Gasteiger partial charge on any atom is -0.493 e. The smallest absolute Gasteiger partial charge is 0.164 e. The van der Waals surface area contributed by atoms with Gasteiger partial charge in [-0.3, -0.25) is 4.79 Å². The Morgan fingerprint density at radius 1 is 1.13 bits per heavy atom. The largest absolute Gasteiger partial charge is 0.493 e. The van der Waals surface area contributed by atoms with Crippen molar-refractivity contribution in [1.29, 1.82) is 0 Å². The molecule has 3 heteroatoms. The van der Waals surface area contributed by atoms with E-state index in [1.807, 2.05) is 6.07 Å². The predicted octanol–water partition coefficient (Wildman–Crippen LogP) is 2.22. The third-order valence-corrected chi connectivity index (χ3v) is 2.78. The van der Waals surface area contributed by atoms with Crippen LogP contribution in [0.5, 0.6) is 11.5 Å². The highest BCUT2D eigenvalue weighted by Crippen LogP contribution is 2.37. The fourth-order valence-electron chi connectivity index (χ4n) is 2.06. The molecule has 0 bridgehead atoms. The van der Waals surface area contributed by atoms with Gasteiger partial charge < -0.3 is 9.47 Å². The minimum absolute atomic E-state index is 0.206. The number of carbonyl (C=O) groups is 1. The van der Waals surface area contributed by atoms with E-state index in [-0.39, 0.29) is 5.78 Å². The fourth-order valence-corrected chi connectivity index (χ4v) is 2.06. The summed E-state index contributed by atoms with van der Waals surface area (Å²) in [5.74, 6) is 1.62. The van der Waals surface area contributed by atoms with Crippen LogP contribution in [0.3, 0.4) is 0 Å². The SMILES string of the molecule is COc1ccc2c(c1OC)CCCC2=O. The summed E-state index contributed by atoms with van der Waals surface area (Å²) >= 11 is 0. The first-order chi connectivity index (χ1) is 7.27. The molecule has 0 spiro atoms. The lowest BCUT2D eigenvalue weighted by atomic mass is 9.90. The van der Waals surface area contributed by atoms with Crippen LogP contribution in [0.4, 0.5) is 0 Å². The molecule has 3 nitrogen and oxygen atoms in total. The summed E-state index contributed by atoms with van der Waals surface area (Å²) in [4.78, 5) is 11.7. The van der Waals surface area contributed by atoms with Crippen molar-refractivity contribution in [3.63, 3.8) is 0 Å². The second kappa shape index (κ2) is 3.93. The Balaban J connectivity index is 2.58. The molecule has 0 fully saturated rings. The van der Waals surface area contributed by atoms with Crippen molar-refractivity contribution in [3.05, 3.63) is 23.3 Å². The van der Waals surface area contributed by atoms with Crippen molar-refractivity contribution in [2.75, 3.05) is 14.2 Å². The normalized spacial score (nSPS) is 14.7. The van der Waals surface area contributed by atoms with Crippen molar-refractivity contribution in [2.45, 2.75) is 19.3 Å². The number of fused-ring (bicyclic) bond motifs is 1. The number of rotatable bonds is 2. The molecule has 0 saturated heterocycles.